The lowest BCUT2D eigenvalue weighted by molar-refractivity contribution is 0.0935. The van der Waals surface area contributed by atoms with E-state index in [1.165, 1.54) is 0 Å². The van der Waals surface area contributed by atoms with Gasteiger partial charge in [-0.05, 0) is 50.2 Å². The Morgan fingerprint density at radius 3 is 2.56 bits per heavy atom. The van der Waals surface area contributed by atoms with Crippen LogP contribution in [0.25, 0.3) is 0 Å². The molecule has 1 amide bonds. The van der Waals surface area contributed by atoms with Crippen molar-refractivity contribution in [1.82, 2.24) is 15.5 Å². The van der Waals surface area contributed by atoms with Gasteiger partial charge in [-0.15, -0.1) is 0 Å². The number of nitrogens with one attached hydrogen (secondary N) is 1. The van der Waals surface area contributed by atoms with Crippen LogP contribution in [0.3, 0.4) is 0 Å². The first-order valence-corrected chi connectivity index (χ1v) is 7.90. The monoisotopic (exact) mass is 341 g/mol. The Bertz CT molecular complexity index is 851. The Kier molecular flexibility index (Phi) is 4.83. The average molecular weight is 341 g/mol. The molecule has 0 aliphatic heterocycles. The lowest BCUT2D eigenvalue weighted by Gasteiger charge is -2.12. The van der Waals surface area contributed by atoms with Gasteiger partial charge in [0.15, 0.2) is 6.61 Å². The maximum Gasteiger partial charge on any atom is 0.251 e. The van der Waals surface area contributed by atoms with Crippen molar-refractivity contribution in [2.24, 2.45) is 0 Å². The summed E-state index contributed by atoms with van der Waals surface area (Å²) in [7, 11) is 0. The second kappa shape index (κ2) is 7.21. The normalized spacial score (nSPS) is 12.0. The van der Waals surface area contributed by atoms with Gasteiger partial charge in [0.1, 0.15) is 17.3 Å². The van der Waals surface area contributed by atoms with Crippen LogP contribution < -0.4 is 10.1 Å². The molecule has 1 atom stereocenters. The number of aromatic nitrogens is 2. The van der Waals surface area contributed by atoms with Gasteiger partial charge in [-0.2, -0.15) is 4.98 Å². The van der Waals surface area contributed by atoms with E-state index in [9.17, 15) is 4.79 Å². The van der Waals surface area contributed by atoms with Crippen LogP contribution in [-0.2, 0) is 6.61 Å². The van der Waals surface area contributed by atoms with Crippen LogP contribution in [0, 0.1) is 13.8 Å². The van der Waals surface area contributed by atoms with Crippen molar-refractivity contribution < 1.29 is 18.5 Å². The van der Waals surface area contributed by atoms with Crippen molar-refractivity contribution in [2.45, 2.75) is 33.4 Å². The fourth-order valence-electron chi connectivity index (χ4n) is 2.29. The molecular formula is C18H19N3O4. The third-order valence-electron chi connectivity index (χ3n) is 3.59. The summed E-state index contributed by atoms with van der Waals surface area (Å²) in [5.74, 6) is 2.94. The highest BCUT2D eigenvalue weighted by molar-refractivity contribution is 5.94. The number of nitrogens with zero attached hydrogens (tertiary/aromatic N) is 2. The first kappa shape index (κ1) is 16.8. The molecule has 1 unspecified atom stereocenters. The van der Waals surface area contributed by atoms with E-state index in [1.54, 1.807) is 31.2 Å². The summed E-state index contributed by atoms with van der Waals surface area (Å²) in [6.07, 6.45) is 0. The molecule has 0 aliphatic rings. The molecule has 25 heavy (non-hydrogen) atoms. The zero-order valence-electron chi connectivity index (χ0n) is 14.3. The van der Waals surface area contributed by atoms with E-state index in [0.717, 1.165) is 11.5 Å². The summed E-state index contributed by atoms with van der Waals surface area (Å²) in [5, 5.41) is 6.66. The molecule has 0 saturated carbocycles. The highest BCUT2D eigenvalue weighted by atomic mass is 16.5. The highest BCUT2D eigenvalue weighted by Crippen LogP contribution is 2.17. The third-order valence-corrected chi connectivity index (χ3v) is 3.59. The molecule has 3 rings (SSSR count). The van der Waals surface area contributed by atoms with Crippen molar-refractivity contribution >= 4 is 5.91 Å². The molecule has 7 heteroatoms. The molecule has 0 aliphatic carbocycles. The van der Waals surface area contributed by atoms with Crippen molar-refractivity contribution in [1.29, 1.82) is 0 Å². The molecule has 7 nitrogen and oxygen atoms in total. The predicted molar refractivity (Wildman–Crippen MR) is 89.1 cm³/mol. The standard InChI is InChI=1S/C18H19N3O4/c1-11-4-9-16(24-11)12(2)19-18(22)14-5-7-15(8-6-14)23-10-17-20-13(3)25-21-17/h4-9,12H,10H2,1-3H3,(H,19,22). The molecular weight excluding hydrogens is 322 g/mol. The molecule has 0 radical (unpaired) electrons. The summed E-state index contributed by atoms with van der Waals surface area (Å²) in [6.45, 7) is 5.67. The number of furan rings is 1. The lowest BCUT2D eigenvalue weighted by atomic mass is 10.2. The van der Waals surface area contributed by atoms with Crippen LogP contribution in [0.15, 0.2) is 45.3 Å². The zero-order chi connectivity index (χ0) is 17.8. The van der Waals surface area contributed by atoms with Crippen molar-refractivity contribution in [2.75, 3.05) is 0 Å². The van der Waals surface area contributed by atoms with Gasteiger partial charge in [0, 0.05) is 12.5 Å². The number of amides is 1. The summed E-state index contributed by atoms with van der Waals surface area (Å²) in [6, 6.07) is 10.4. The van der Waals surface area contributed by atoms with Crippen LogP contribution in [0.2, 0.25) is 0 Å². The third kappa shape index (κ3) is 4.26. The van der Waals surface area contributed by atoms with Gasteiger partial charge in [0.25, 0.3) is 5.91 Å². The molecule has 1 N–H and O–H groups in total. The van der Waals surface area contributed by atoms with E-state index in [-0.39, 0.29) is 18.6 Å². The smallest absolute Gasteiger partial charge is 0.251 e. The van der Waals surface area contributed by atoms with E-state index >= 15 is 0 Å². The summed E-state index contributed by atoms with van der Waals surface area (Å²) >= 11 is 0. The van der Waals surface area contributed by atoms with Gasteiger partial charge >= 0.3 is 0 Å². The largest absolute Gasteiger partial charge is 0.485 e. The molecule has 3 aromatic rings. The topological polar surface area (TPSA) is 90.4 Å². The van der Waals surface area contributed by atoms with Crippen LogP contribution >= 0.6 is 0 Å². The Balaban J connectivity index is 1.56. The van der Waals surface area contributed by atoms with Gasteiger partial charge < -0.3 is 19.0 Å². The number of ether oxygens (including phenoxy) is 1. The Labute approximate surface area is 145 Å². The number of hydrogen-bond acceptors (Lipinski definition) is 6. The molecule has 130 valence electrons. The SMILES string of the molecule is Cc1ccc(C(C)NC(=O)c2ccc(OCc3noc(C)n3)cc2)o1. The zero-order valence-corrected chi connectivity index (χ0v) is 14.3. The van der Waals surface area contributed by atoms with Crippen LogP contribution in [0.1, 0.15) is 46.6 Å². The number of benzene rings is 1. The predicted octanol–water partition coefficient (Wildman–Crippen LogP) is 3.35. The van der Waals surface area contributed by atoms with Gasteiger partial charge in [-0.25, -0.2) is 0 Å². The van der Waals surface area contributed by atoms with E-state index in [2.05, 4.69) is 15.5 Å². The maximum atomic E-state index is 12.3. The molecule has 1 aromatic carbocycles. The van der Waals surface area contributed by atoms with Crippen molar-refractivity contribution in [3.05, 3.63) is 65.2 Å². The van der Waals surface area contributed by atoms with E-state index < -0.39 is 0 Å². The number of hydrogen-bond donors (Lipinski definition) is 1. The molecule has 2 heterocycles. The minimum absolute atomic E-state index is 0.179. The number of rotatable bonds is 6. The van der Waals surface area contributed by atoms with Crippen LogP contribution in [0.4, 0.5) is 0 Å². The quantitative estimate of drug-likeness (QED) is 0.739. The number of carbonyl (C=O) groups excluding carboxylic acids is 1. The number of carbonyl (C=O) groups is 1. The Morgan fingerprint density at radius 2 is 1.96 bits per heavy atom. The number of aryl methyl sites for hydroxylation is 2. The first-order valence-electron chi connectivity index (χ1n) is 7.90. The minimum atomic E-state index is -0.210. The maximum absolute atomic E-state index is 12.3. The fraction of sp³-hybridized carbons (Fsp3) is 0.278. The van der Waals surface area contributed by atoms with Crippen LogP contribution in [-0.4, -0.2) is 16.0 Å². The molecule has 0 bridgehead atoms. The first-order chi connectivity index (χ1) is 12.0. The molecule has 0 spiro atoms. The summed E-state index contributed by atoms with van der Waals surface area (Å²) in [5.41, 5.74) is 0.540. The van der Waals surface area contributed by atoms with Crippen molar-refractivity contribution in [3.8, 4) is 5.75 Å². The van der Waals surface area contributed by atoms with E-state index in [4.69, 9.17) is 13.7 Å². The van der Waals surface area contributed by atoms with Gasteiger partial charge in [-0.1, -0.05) is 5.16 Å². The fourth-order valence-corrected chi connectivity index (χ4v) is 2.29. The molecule has 0 fully saturated rings. The van der Waals surface area contributed by atoms with E-state index in [0.29, 0.717) is 23.0 Å². The van der Waals surface area contributed by atoms with Gasteiger partial charge in [0.2, 0.25) is 11.7 Å². The second-order valence-electron chi connectivity index (χ2n) is 5.69. The Hall–Kier alpha value is -3.09. The van der Waals surface area contributed by atoms with Crippen molar-refractivity contribution in [3.63, 3.8) is 0 Å². The van der Waals surface area contributed by atoms with Crippen LogP contribution in [0.5, 0.6) is 5.75 Å². The molecule has 0 saturated heterocycles. The minimum Gasteiger partial charge on any atom is -0.485 e. The lowest BCUT2D eigenvalue weighted by Crippen LogP contribution is -2.26. The van der Waals surface area contributed by atoms with Gasteiger partial charge in [0.05, 0.1) is 6.04 Å². The average Bonchev–Trinajstić information content (AvgIpc) is 3.21. The Morgan fingerprint density at radius 1 is 1.20 bits per heavy atom. The highest BCUT2D eigenvalue weighted by Gasteiger charge is 2.14. The van der Waals surface area contributed by atoms with Gasteiger partial charge in [-0.3, -0.25) is 4.79 Å². The molecule has 2 aromatic heterocycles. The summed E-state index contributed by atoms with van der Waals surface area (Å²) in [4.78, 5) is 16.4. The summed E-state index contributed by atoms with van der Waals surface area (Å²) < 4.78 is 16.0. The van der Waals surface area contributed by atoms with E-state index in [1.807, 2.05) is 26.0 Å². The second-order valence-corrected chi connectivity index (χ2v) is 5.69.